The lowest BCUT2D eigenvalue weighted by molar-refractivity contribution is 0.0677. The van der Waals surface area contributed by atoms with Gasteiger partial charge in [-0.3, -0.25) is 14.3 Å². The number of carbonyl (C=O) groups is 2. The molecule has 0 N–H and O–H groups in total. The lowest BCUT2D eigenvalue weighted by Crippen LogP contribution is -2.39. The van der Waals surface area contributed by atoms with Gasteiger partial charge in [0.15, 0.2) is 5.69 Å². The first-order valence-electron chi connectivity index (χ1n) is 9.45. The second kappa shape index (κ2) is 7.42. The van der Waals surface area contributed by atoms with E-state index in [2.05, 4.69) is 5.10 Å². The first kappa shape index (κ1) is 17.6. The van der Waals surface area contributed by atoms with Gasteiger partial charge in [-0.25, -0.2) is 0 Å². The van der Waals surface area contributed by atoms with Crippen LogP contribution in [0.2, 0.25) is 0 Å². The predicted molar refractivity (Wildman–Crippen MR) is 99.7 cm³/mol. The molecule has 0 bridgehead atoms. The molecule has 2 amide bonds. The monoisotopic (exact) mass is 368 g/mol. The van der Waals surface area contributed by atoms with Gasteiger partial charge in [0.05, 0.1) is 13.7 Å². The van der Waals surface area contributed by atoms with Crippen LogP contribution in [0.15, 0.2) is 30.3 Å². The highest BCUT2D eigenvalue weighted by molar-refractivity contribution is 5.98. The van der Waals surface area contributed by atoms with Crippen molar-refractivity contribution < 1.29 is 14.3 Å². The van der Waals surface area contributed by atoms with Crippen LogP contribution in [0.25, 0.3) is 0 Å². The second-order valence-electron chi connectivity index (χ2n) is 7.03. The van der Waals surface area contributed by atoms with Crippen LogP contribution in [0.1, 0.15) is 45.8 Å². The summed E-state index contributed by atoms with van der Waals surface area (Å²) >= 11 is 0. The number of carbonyl (C=O) groups excluding carboxylic acids is 2. The second-order valence-corrected chi connectivity index (χ2v) is 7.03. The van der Waals surface area contributed by atoms with Crippen LogP contribution >= 0.6 is 0 Å². The van der Waals surface area contributed by atoms with Crippen molar-refractivity contribution in [2.75, 3.05) is 26.7 Å². The van der Waals surface area contributed by atoms with E-state index in [-0.39, 0.29) is 11.8 Å². The smallest absolute Gasteiger partial charge is 0.274 e. The fourth-order valence-electron chi connectivity index (χ4n) is 3.79. The predicted octanol–water partition coefficient (Wildman–Crippen LogP) is 2.17. The van der Waals surface area contributed by atoms with Gasteiger partial charge in [0.1, 0.15) is 11.4 Å². The van der Waals surface area contributed by atoms with E-state index in [1.54, 1.807) is 22.8 Å². The fraction of sp³-hybridized carbons (Fsp3) is 0.450. The topological polar surface area (TPSA) is 67.7 Å². The maximum atomic E-state index is 12.9. The van der Waals surface area contributed by atoms with Crippen LogP contribution < -0.4 is 4.74 Å². The van der Waals surface area contributed by atoms with Crippen molar-refractivity contribution in [1.82, 2.24) is 19.6 Å². The van der Waals surface area contributed by atoms with E-state index < -0.39 is 0 Å². The number of nitrogens with zero attached hydrogens (tertiary/aromatic N) is 4. The number of hydrogen-bond donors (Lipinski definition) is 0. The van der Waals surface area contributed by atoms with E-state index in [4.69, 9.17) is 4.74 Å². The lowest BCUT2D eigenvalue weighted by Gasteiger charge is -2.28. The number of ether oxygens (including phenoxy) is 1. The van der Waals surface area contributed by atoms with E-state index in [0.717, 1.165) is 37.2 Å². The highest BCUT2D eigenvalue weighted by Gasteiger charge is 2.30. The van der Waals surface area contributed by atoms with Crippen LogP contribution in [-0.4, -0.2) is 58.1 Å². The molecule has 1 fully saturated rings. The first-order chi connectivity index (χ1) is 13.2. The number of benzene rings is 1. The third-order valence-electron chi connectivity index (χ3n) is 5.28. The Labute approximate surface area is 158 Å². The average molecular weight is 368 g/mol. The van der Waals surface area contributed by atoms with Crippen LogP contribution in [0.5, 0.6) is 5.75 Å². The van der Waals surface area contributed by atoms with Crippen molar-refractivity contribution in [2.24, 2.45) is 0 Å². The molecule has 1 aromatic heterocycles. The quantitative estimate of drug-likeness (QED) is 0.830. The molecule has 27 heavy (non-hydrogen) atoms. The fourth-order valence-corrected chi connectivity index (χ4v) is 3.79. The number of hydrogen-bond acceptors (Lipinski definition) is 4. The molecule has 0 unspecified atom stereocenters. The van der Waals surface area contributed by atoms with Gasteiger partial charge in [-0.2, -0.15) is 5.10 Å². The number of fused-ring (bicyclic) bond motifs is 1. The van der Waals surface area contributed by atoms with Crippen LogP contribution in [0.3, 0.4) is 0 Å². The number of para-hydroxylation sites is 1. The number of amides is 2. The minimum Gasteiger partial charge on any atom is -0.496 e. The molecule has 1 saturated heterocycles. The molecule has 142 valence electrons. The molecule has 0 radical (unpaired) electrons. The van der Waals surface area contributed by atoms with Gasteiger partial charge < -0.3 is 14.5 Å². The summed E-state index contributed by atoms with van der Waals surface area (Å²) < 4.78 is 7.05. The van der Waals surface area contributed by atoms with Crippen molar-refractivity contribution in [3.63, 3.8) is 0 Å². The summed E-state index contributed by atoms with van der Waals surface area (Å²) in [5.41, 5.74) is 1.82. The van der Waals surface area contributed by atoms with Gasteiger partial charge in [0, 0.05) is 37.8 Å². The molecule has 1 aromatic carbocycles. The average Bonchev–Trinajstić information content (AvgIpc) is 3.16. The van der Waals surface area contributed by atoms with E-state index in [1.165, 1.54) is 6.42 Å². The van der Waals surface area contributed by atoms with Gasteiger partial charge in [-0.05, 0) is 25.3 Å². The summed E-state index contributed by atoms with van der Waals surface area (Å²) in [7, 11) is 1.63. The third-order valence-corrected chi connectivity index (χ3v) is 5.28. The number of aromatic nitrogens is 2. The van der Waals surface area contributed by atoms with E-state index in [1.807, 2.05) is 29.2 Å². The normalized spacial score (nSPS) is 17.0. The van der Waals surface area contributed by atoms with Crippen LogP contribution in [0.4, 0.5) is 0 Å². The van der Waals surface area contributed by atoms with Crippen LogP contribution in [0, 0.1) is 0 Å². The van der Waals surface area contributed by atoms with Gasteiger partial charge in [0.25, 0.3) is 11.8 Å². The Morgan fingerprint density at radius 3 is 2.67 bits per heavy atom. The lowest BCUT2D eigenvalue weighted by atomic mass is 10.1. The summed E-state index contributed by atoms with van der Waals surface area (Å²) in [6.45, 7) is 3.17. The Morgan fingerprint density at radius 1 is 1.11 bits per heavy atom. The van der Waals surface area contributed by atoms with Crippen molar-refractivity contribution in [3.05, 3.63) is 47.3 Å². The summed E-state index contributed by atoms with van der Waals surface area (Å²) in [6.07, 6.45) is 3.23. The molecule has 2 aliphatic heterocycles. The third kappa shape index (κ3) is 3.41. The maximum Gasteiger partial charge on any atom is 0.274 e. The van der Waals surface area contributed by atoms with Crippen molar-refractivity contribution in [1.29, 1.82) is 0 Å². The van der Waals surface area contributed by atoms with Gasteiger partial charge in [-0.1, -0.05) is 18.2 Å². The van der Waals surface area contributed by atoms with E-state index in [0.29, 0.717) is 31.0 Å². The number of piperidine rings is 1. The van der Waals surface area contributed by atoms with Crippen molar-refractivity contribution in [2.45, 2.75) is 32.4 Å². The van der Waals surface area contributed by atoms with Crippen molar-refractivity contribution >= 4 is 11.8 Å². The van der Waals surface area contributed by atoms with E-state index in [9.17, 15) is 9.59 Å². The Kier molecular flexibility index (Phi) is 4.83. The zero-order valence-corrected chi connectivity index (χ0v) is 15.6. The standard InChI is InChI=1S/C20H24N4O3/c1-27-18-8-4-3-7-15(18)14-23-11-12-24-17(20(23)26)13-16(21-24)19(25)22-9-5-2-6-10-22/h3-4,7-8,13H,2,5-6,9-12,14H2,1H3. The Bertz CT molecular complexity index is 855. The highest BCUT2D eigenvalue weighted by Crippen LogP contribution is 2.23. The Morgan fingerprint density at radius 2 is 1.89 bits per heavy atom. The molecule has 7 nitrogen and oxygen atoms in total. The van der Waals surface area contributed by atoms with Crippen molar-refractivity contribution in [3.8, 4) is 5.75 Å². The van der Waals surface area contributed by atoms with Gasteiger partial charge >= 0.3 is 0 Å². The summed E-state index contributed by atoms with van der Waals surface area (Å²) in [5, 5.41) is 4.40. The molecular formula is C20H24N4O3. The highest BCUT2D eigenvalue weighted by atomic mass is 16.5. The van der Waals surface area contributed by atoms with Crippen LogP contribution in [-0.2, 0) is 13.1 Å². The first-order valence-corrected chi connectivity index (χ1v) is 9.45. The van der Waals surface area contributed by atoms with Gasteiger partial charge in [-0.15, -0.1) is 0 Å². The summed E-state index contributed by atoms with van der Waals surface area (Å²) in [6, 6.07) is 9.35. The number of methoxy groups -OCH3 is 1. The summed E-state index contributed by atoms with van der Waals surface area (Å²) in [4.78, 5) is 29.2. The largest absolute Gasteiger partial charge is 0.496 e. The molecule has 2 aliphatic rings. The number of rotatable bonds is 4. The zero-order chi connectivity index (χ0) is 18.8. The molecule has 7 heteroatoms. The SMILES string of the molecule is COc1ccccc1CN1CCn2nc(C(=O)N3CCCCC3)cc2C1=O. The Balaban J connectivity index is 1.52. The zero-order valence-electron chi connectivity index (χ0n) is 15.6. The number of likely N-dealkylation sites (tertiary alicyclic amines) is 1. The molecule has 4 rings (SSSR count). The Hall–Kier alpha value is -2.83. The van der Waals surface area contributed by atoms with E-state index >= 15 is 0 Å². The minimum absolute atomic E-state index is 0.0688. The molecule has 2 aromatic rings. The van der Waals surface area contributed by atoms with Gasteiger partial charge in [0.2, 0.25) is 0 Å². The molecular weight excluding hydrogens is 344 g/mol. The minimum atomic E-state index is -0.0997. The molecule has 3 heterocycles. The molecule has 0 saturated carbocycles. The molecule has 0 spiro atoms. The maximum absolute atomic E-state index is 12.9. The molecule has 0 aliphatic carbocycles. The summed E-state index contributed by atoms with van der Waals surface area (Å²) in [5.74, 6) is 0.600. The molecule has 0 atom stereocenters.